The quantitative estimate of drug-likeness (QED) is 0.274. The number of hydrogen-bond donors (Lipinski definition) is 0. The number of thiazole rings is 1. The highest BCUT2D eigenvalue weighted by Crippen LogP contribution is 2.32. The molecule has 0 atom stereocenters. The van der Waals surface area contributed by atoms with E-state index in [1.807, 2.05) is 85.9 Å². The van der Waals surface area contributed by atoms with Gasteiger partial charge in [0.05, 0.1) is 21.8 Å². The first-order valence-corrected chi connectivity index (χ1v) is 14.0. The summed E-state index contributed by atoms with van der Waals surface area (Å²) in [7, 11) is 1.61. The normalized spacial score (nSPS) is 11.8. The molecule has 0 aliphatic heterocycles. The number of halogens is 1. The minimum absolute atomic E-state index is 0.225. The number of rotatable bonds is 6. The fourth-order valence-electron chi connectivity index (χ4n) is 4.34. The van der Waals surface area contributed by atoms with Crippen LogP contribution in [0.25, 0.3) is 28.0 Å². The molecule has 40 heavy (non-hydrogen) atoms. The summed E-state index contributed by atoms with van der Waals surface area (Å²) in [6, 6.07) is 23.3. The van der Waals surface area contributed by atoms with Crippen molar-refractivity contribution in [1.29, 1.82) is 0 Å². The molecule has 0 unspecified atom stereocenters. The van der Waals surface area contributed by atoms with E-state index in [1.54, 1.807) is 17.9 Å². The number of hydrogen-bond acceptors (Lipinski definition) is 7. The van der Waals surface area contributed by atoms with Gasteiger partial charge in [-0.05, 0) is 64.8 Å². The minimum atomic E-state index is -0.436. The molecule has 0 radical (unpaired) electrons. The van der Waals surface area contributed by atoms with Crippen LogP contribution in [0.15, 0.2) is 93.1 Å². The summed E-state index contributed by atoms with van der Waals surface area (Å²) in [6.45, 7) is 2.00. The molecule has 0 fully saturated rings. The maximum Gasteiger partial charge on any atom is 0.296 e. The van der Waals surface area contributed by atoms with Gasteiger partial charge in [-0.3, -0.25) is 9.59 Å². The van der Waals surface area contributed by atoms with E-state index in [0.717, 1.165) is 43.8 Å². The Bertz CT molecular complexity index is 2030. The summed E-state index contributed by atoms with van der Waals surface area (Å²) < 4.78 is 9.56. The maximum atomic E-state index is 13.4. The molecule has 6 aromatic rings. The molecule has 6 rings (SSSR count). The first-order chi connectivity index (χ1) is 19.4. The molecular formula is C30H22BrN5O3S. The summed E-state index contributed by atoms with van der Waals surface area (Å²) in [5.74, 6) is 0.700. The van der Waals surface area contributed by atoms with Gasteiger partial charge in [0.2, 0.25) is 4.96 Å². The summed E-state index contributed by atoms with van der Waals surface area (Å²) in [6.07, 6.45) is 3.94. The Labute approximate surface area is 241 Å². The third-order valence-electron chi connectivity index (χ3n) is 6.42. The van der Waals surface area contributed by atoms with Crippen molar-refractivity contribution in [1.82, 2.24) is 24.4 Å². The van der Waals surface area contributed by atoms with E-state index in [-0.39, 0.29) is 16.2 Å². The van der Waals surface area contributed by atoms with Gasteiger partial charge < -0.3 is 4.74 Å². The number of nitrogens with zero attached hydrogens (tertiary/aromatic N) is 5. The van der Waals surface area contributed by atoms with Gasteiger partial charge >= 0.3 is 0 Å². The SMILES string of the molecule is COc1ccc(-c2nn(-c3ccccc3)cc2C=c2sc3nc(=O)c(Cc4ccc(C)cc4)nn3c2=O)cc1Br. The predicted octanol–water partition coefficient (Wildman–Crippen LogP) is 4.58. The summed E-state index contributed by atoms with van der Waals surface area (Å²) in [4.78, 5) is 30.6. The van der Waals surface area contributed by atoms with Crippen LogP contribution in [0, 0.1) is 6.92 Å². The van der Waals surface area contributed by atoms with Gasteiger partial charge in [-0.25, -0.2) is 4.68 Å². The molecule has 8 nitrogen and oxygen atoms in total. The fourth-order valence-corrected chi connectivity index (χ4v) is 5.77. The lowest BCUT2D eigenvalue weighted by Crippen LogP contribution is -2.28. The highest BCUT2D eigenvalue weighted by molar-refractivity contribution is 9.10. The highest BCUT2D eigenvalue weighted by atomic mass is 79.9. The van der Waals surface area contributed by atoms with Crippen LogP contribution in [0.2, 0.25) is 0 Å². The lowest BCUT2D eigenvalue weighted by molar-refractivity contribution is 0.412. The summed E-state index contributed by atoms with van der Waals surface area (Å²) in [5.41, 5.74) is 4.63. The second-order valence-corrected chi connectivity index (χ2v) is 11.1. The average Bonchev–Trinajstić information content (AvgIpc) is 3.51. The van der Waals surface area contributed by atoms with Crippen molar-refractivity contribution in [3.63, 3.8) is 0 Å². The number of aromatic nitrogens is 5. The minimum Gasteiger partial charge on any atom is -0.496 e. The van der Waals surface area contributed by atoms with Crippen LogP contribution < -0.4 is 20.4 Å². The van der Waals surface area contributed by atoms with Gasteiger partial charge in [0.1, 0.15) is 17.1 Å². The Morgan fingerprint density at radius 1 is 1.00 bits per heavy atom. The van der Waals surface area contributed by atoms with Gasteiger partial charge in [-0.2, -0.15) is 19.7 Å². The molecule has 3 aromatic heterocycles. The zero-order valence-electron chi connectivity index (χ0n) is 21.5. The largest absolute Gasteiger partial charge is 0.496 e. The van der Waals surface area contributed by atoms with Crippen LogP contribution in [-0.2, 0) is 6.42 Å². The zero-order valence-corrected chi connectivity index (χ0v) is 23.9. The Hall–Kier alpha value is -4.41. The van der Waals surface area contributed by atoms with Crippen LogP contribution in [0.1, 0.15) is 22.4 Å². The van der Waals surface area contributed by atoms with E-state index >= 15 is 0 Å². The molecule has 0 amide bonds. The van der Waals surface area contributed by atoms with Crippen molar-refractivity contribution >= 4 is 38.3 Å². The summed E-state index contributed by atoms with van der Waals surface area (Å²) >= 11 is 4.68. The van der Waals surface area contributed by atoms with Gasteiger partial charge in [-0.1, -0.05) is 59.4 Å². The molecule has 0 bridgehead atoms. The molecule has 0 saturated heterocycles. The van der Waals surface area contributed by atoms with Crippen molar-refractivity contribution < 1.29 is 4.74 Å². The third-order valence-corrected chi connectivity index (χ3v) is 8.00. The number of aryl methyl sites for hydroxylation is 1. The number of para-hydroxylation sites is 1. The van der Waals surface area contributed by atoms with E-state index in [4.69, 9.17) is 9.84 Å². The number of methoxy groups -OCH3 is 1. The lowest BCUT2D eigenvalue weighted by Gasteiger charge is -2.05. The van der Waals surface area contributed by atoms with Crippen LogP contribution in [0.3, 0.4) is 0 Å². The maximum absolute atomic E-state index is 13.4. The second-order valence-electron chi connectivity index (χ2n) is 9.20. The van der Waals surface area contributed by atoms with E-state index in [2.05, 4.69) is 26.0 Å². The molecule has 0 aliphatic carbocycles. The molecule has 10 heteroatoms. The van der Waals surface area contributed by atoms with E-state index in [9.17, 15) is 9.59 Å². The molecule has 3 aromatic carbocycles. The number of benzene rings is 3. The topological polar surface area (TPSA) is 91.4 Å². The molecule has 0 spiro atoms. The van der Waals surface area contributed by atoms with Crippen molar-refractivity contribution in [2.24, 2.45) is 0 Å². The van der Waals surface area contributed by atoms with E-state index in [0.29, 0.717) is 22.4 Å². The van der Waals surface area contributed by atoms with Gasteiger partial charge in [-0.15, -0.1) is 0 Å². The Morgan fingerprint density at radius 2 is 1.77 bits per heavy atom. The first kappa shape index (κ1) is 25.8. The number of fused-ring (bicyclic) bond motifs is 1. The third kappa shape index (κ3) is 4.99. The average molecular weight is 613 g/mol. The Kier molecular flexibility index (Phi) is 6.87. The molecule has 0 N–H and O–H groups in total. The molecule has 0 aliphatic rings. The fraction of sp³-hybridized carbons (Fsp3) is 0.100. The van der Waals surface area contributed by atoms with Crippen LogP contribution in [-0.4, -0.2) is 31.5 Å². The van der Waals surface area contributed by atoms with Gasteiger partial charge in [0.15, 0.2) is 0 Å². The van der Waals surface area contributed by atoms with Gasteiger partial charge in [0, 0.05) is 23.7 Å². The van der Waals surface area contributed by atoms with Crippen molar-refractivity contribution in [2.75, 3.05) is 7.11 Å². The van der Waals surface area contributed by atoms with E-state index < -0.39 is 5.56 Å². The van der Waals surface area contributed by atoms with Crippen molar-refractivity contribution in [2.45, 2.75) is 13.3 Å². The molecular weight excluding hydrogens is 590 g/mol. The molecule has 0 saturated carbocycles. The first-order valence-electron chi connectivity index (χ1n) is 12.4. The highest BCUT2D eigenvalue weighted by Gasteiger charge is 2.16. The monoisotopic (exact) mass is 611 g/mol. The molecule has 3 heterocycles. The van der Waals surface area contributed by atoms with Crippen LogP contribution >= 0.6 is 27.3 Å². The number of ether oxygens (including phenoxy) is 1. The van der Waals surface area contributed by atoms with Gasteiger partial charge in [0.25, 0.3) is 11.1 Å². The Balaban J connectivity index is 1.48. The van der Waals surface area contributed by atoms with Crippen LogP contribution in [0.5, 0.6) is 5.75 Å². The predicted molar refractivity (Wildman–Crippen MR) is 159 cm³/mol. The lowest BCUT2D eigenvalue weighted by atomic mass is 10.1. The van der Waals surface area contributed by atoms with Crippen molar-refractivity contribution in [3.05, 3.63) is 131 Å². The standard InChI is InChI=1S/C30H22BrN5O3S/c1-18-8-10-19(11-9-18)14-24-28(37)32-30-36(33-24)29(38)26(40-30)16-21-17-35(22-6-4-3-5-7-22)34-27(21)20-12-13-25(39-2)23(31)15-20/h3-13,15-17H,14H2,1-2H3. The molecule has 198 valence electrons. The van der Waals surface area contributed by atoms with E-state index in [1.165, 1.54) is 4.52 Å². The smallest absolute Gasteiger partial charge is 0.296 e. The zero-order chi connectivity index (χ0) is 27.8. The van der Waals surface area contributed by atoms with Crippen LogP contribution in [0.4, 0.5) is 0 Å². The summed E-state index contributed by atoms with van der Waals surface area (Å²) in [5, 5.41) is 9.24. The van der Waals surface area contributed by atoms with Crippen molar-refractivity contribution in [3.8, 4) is 22.7 Å². The second kappa shape index (κ2) is 10.6. The Morgan fingerprint density at radius 3 is 2.50 bits per heavy atom.